The average molecular weight is 334 g/mol. The van der Waals surface area contributed by atoms with Crippen LogP contribution in [0.5, 0.6) is 5.75 Å². The van der Waals surface area contributed by atoms with Gasteiger partial charge in [0.15, 0.2) is 0 Å². The first kappa shape index (κ1) is 22.6. The Hall–Kier alpha value is -0.433. The molecule has 3 nitrogen and oxygen atoms in total. The summed E-state index contributed by atoms with van der Waals surface area (Å²) in [6.45, 7) is 4.22. The summed E-state index contributed by atoms with van der Waals surface area (Å²) < 4.78 is 30.2. The van der Waals surface area contributed by atoms with Crippen molar-refractivity contribution < 1.29 is 32.9 Å². The van der Waals surface area contributed by atoms with E-state index in [4.69, 9.17) is 4.18 Å². The average Bonchev–Trinajstić information content (AvgIpc) is 2.50. The summed E-state index contributed by atoms with van der Waals surface area (Å²) >= 11 is 0. The van der Waals surface area contributed by atoms with Crippen molar-refractivity contribution in [2.45, 2.75) is 76.9 Å². The summed E-state index contributed by atoms with van der Waals surface area (Å²) in [5.41, 5.74) is 0. The van der Waals surface area contributed by atoms with Crippen molar-refractivity contribution in [3.8, 4) is 5.75 Å². The predicted octanol–water partition coefficient (Wildman–Crippen LogP) is 2.43. The molecular weight excluding hydrogens is 303 g/mol. The Bertz CT molecular complexity index is 494. The molecule has 128 valence electrons. The van der Waals surface area contributed by atoms with E-state index >= 15 is 0 Å². The first-order chi connectivity index (χ1) is 10.6. The number of hydrogen-bond acceptors (Lipinski definition) is 3. The molecule has 0 bridgehead atoms. The van der Waals surface area contributed by atoms with Crippen molar-refractivity contribution in [2.75, 3.05) is 0 Å². The summed E-state index contributed by atoms with van der Waals surface area (Å²) in [7, 11) is -3.53. The molecule has 0 heterocycles. The van der Waals surface area contributed by atoms with Crippen LogP contribution < -0.4 is 23.0 Å². The molecule has 1 unspecified atom stereocenters. The molecule has 1 aromatic carbocycles. The Labute approximate surface area is 156 Å². The van der Waals surface area contributed by atoms with Gasteiger partial charge in [0.1, 0.15) is 5.75 Å². The SMILES string of the molecule is CCCCCCCCC(CCC)S(=O)(=O)Oc1ccccc1.[H-].[Li+]. The van der Waals surface area contributed by atoms with Crippen LogP contribution in [0, 0.1) is 0 Å². The van der Waals surface area contributed by atoms with Gasteiger partial charge in [-0.2, -0.15) is 8.42 Å². The number of rotatable bonds is 12. The maximum absolute atomic E-state index is 12.4. The van der Waals surface area contributed by atoms with Crippen LogP contribution in [0.1, 0.15) is 73.1 Å². The fraction of sp³-hybridized carbons (Fsp3) is 0.667. The van der Waals surface area contributed by atoms with Crippen molar-refractivity contribution in [1.82, 2.24) is 0 Å². The molecule has 0 fully saturated rings. The van der Waals surface area contributed by atoms with Crippen LogP contribution in [0.4, 0.5) is 0 Å². The number of unbranched alkanes of at least 4 members (excludes halogenated alkanes) is 5. The summed E-state index contributed by atoms with van der Waals surface area (Å²) in [6, 6.07) is 8.79. The minimum absolute atomic E-state index is 0. The molecule has 0 saturated heterocycles. The molecule has 0 radical (unpaired) electrons. The largest absolute Gasteiger partial charge is 1.00 e. The maximum Gasteiger partial charge on any atom is 1.00 e. The van der Waals surface area contributed by atoms with Crippen molar-refractivity contribution in [1.29, 1.82) is 0 Å². The molecule has 0 N–H and O–H groups in total. The third-order valence-electron chi connectivity index (χ3n) is 3.85. The van der Waals surface area contributed by atoms with Gasteiger partial charge in [-0.15, -0.1) is 0 Å². The second kappa shape index (κ2) is 12.9. The van der Waals surface area contributed by atoms with Crippen molar-refractivity contribution >= 4 is 10.1 Å². The second-order valence-corrected chi connectivity index (χ2v) is 7.68. The molecule has 0 saturated carbocycles. The summed E-state index contributed by atoms with van der Waals surface area (Å²) in [5.74, 6) is 0.409. The van der Waals surface area contributed by atoms with E-state index in [1.165, 1.54) is 25.7 Å². The Kier molecular flexibility index (Phi) is 12.7. The molecule has 1 rings (SSSR count). The maximum atomic E-state index is 12.4. The van der Waals surface area contributed by atoms with Gasteiger partial charge in [0.05, 0.1) is 5.25 Å². The van der Waals surface area contributed by atoms with Crippen LogP contribution in [0.25, 0.3) is 0 Å². The quantitative estimate of drug-likeness (QED) is 0.335. The molecule has 5 heteroatoms. The molecule has 1 aromatic rings. The fourth-order valence-electron chi connectivity index (χ4n) is 2.59. The third-order valence-corrected chi connectivity index (χ3v) is 5.57. The minimum atomic E-state index is -3.53. The number of benzene rings is 1. The van der Waals surface area contributed by atoms with Crippen LogP contribution in [-0.4, -0.2) is 13.7 Å². The Morgan fingerprint density at radius 3 is 2.13 bits per heavy atom. The molecular formula is C18H31LiO3S. The Morgan fingerprint density at radius 1 is 0.913 bits per heavy atom. The van der Waals surface area contributed by atoms with E-state index in [9.17, 15) is 8.42 Å². The molecule has 23 heavy (non-hydrogen) atoms. The predicted molar refractivity (Wildman–Crippen MR) is 93.8 cm³/mol. The van der Waals surface area contributed by atoms with Crippen LogP contribution in [-0.2, 0) is 10.1 Å². The van der Waals surface area contributed by atoms with Gasteiger partial charge in [-0.25, -0.2) is 0 Å². The third kappa shape index (κ3) is 9.45. The van der Waals surface area contributed by atoms with E-state index in [1.807, 2.05) is 13.0 Å². The van der Waals surface area contributed by atoms with Crippen molar-refractivity contribution in [3.05, 3.63) is 30.3 Å². The molecule has 0 aliphatic rings. The van der Waals surface area contributed by atoms with Gasteiger partial charge in [0.2, 0.25) is 0 Å². The van der Waals surface area contributed by atoms with Crippen molar-refractivity contribution in [3.63, 3.8) is 0 Å². The van der Waals surface area contributed by atoms with Gasteiger partial charge in [0.25, 0.3) is 0 Å². The van der Waals surface area contributed by atoms with Gasteiger partial charge in [-0.3, -0.25) is 0 Å². The van der Waals surface area contributed by atoms with E-state index in [2.05, 4.69) is 6.92 Å². The molecule has 0 aromatic heterocycles. The summed E-state index contributed by atoms with van der Waals surface area (Å²) in [6.07, 6.45) is 9.27. The second-order valence-electron chi connectivity index (χ2n) is 5.86. The fourth-order valence-corrected chi connectivity index (χ4v) is 4.08. The standard InChI is InChI=1S/C18H30O3S.Li.H/c1-3-5-6-7-8-12-16-18(13-4-2)22(19,20)21-17-14-10-9-11-15-17;;/h9-11,14-15,18H,3-8,12-13,16H2,1-2H3;;/q;+1;-1. The normalized spacial score (nSPS) is 12.4. The van der Waals surface area contributed by atoms with Gasteiger partial charge in [0, 0.05) is 0 Å². The van der Waals surface area contributed by atoms with Gasteiger partial charge in [-0.1, -0.05) is 77.0 Å². The smallest absolute Gasteiger partial charge is 1.00 e. The number of para-hydroxylation sites is 1. The first-order valence-electron chi connectivity index (χ1n) is 8.58. The van der Waals surface area contributed by atoms with Crippen LogP contribution in [0.2, 0.25) is 0 Å². The minimum Gasteiger partial charge on any atom is -1.00 e. The van der Waals surface area contributed by atoms with Crippen LogP contribution in [0.15, 0.2) is 30.3 Å². The molecule has 0 aliphatic carbocycles. The monoisotopic (exact) mass is 334 g/mol. The van der Waals surface area contributed by atoms with Crippen molar-refractivity contribution in [2.24, 2.45) is 0 Å². The van der Waals surface area contributed by atoms with Crippen LogP contribution in [0.3, 0.4) is 0 Å². The van der Waals surface area contributed by atoms with E-state index in [0.717, 1.165) is 19.3 Å². The molecule has 1 atom stereocenters. The van der Waals surface area contributed by atoms with Gasteiger partial charge >= 0.3 is 29.0 Å². The first-order valence-corrected chi connectivity index (χ1v) is 10.1. The van der Waals surface area contributed by atoms with E-state index in [-0.39, 0.29) is 25.5 Å². The number of hydrogen-bond donors (Lipinski definition) is 0. The van der Waals surface area contributed by atoms with Gasteiger partial charge < -0.3 is 5.61 Å². The van der Waals surface area contributed by atoms with E-state index in [0.29, 0.717) is 18.6 Å². The molecule has 0 amide bonds. The van der Waals surface area contributed by atoms with E-state index in [1.54, 1.807) is 24.3 Å². The van der Waals surface area contributed by atoms with E-state index < -0.39 is 10.1 Å². The Balaban J connectivity index is 0. The van der Waals surface area contributed by atoms with Crippen LogP contribution >= 0.6 is 0 Å². The zero-order valence-electron chi connectivity index (χ0n) is 16.0. The molecule has 0 spiro atoms. The van der Waals surface area contributed by atoms with Gasteiger partial charge in [-0.05, 0) is 25.0 Å². The zero-order chi connectivity index (χ0) is 16.3. The molecule has 0 aliphatic heterocycles. The zero-order valence-corrected chi connectivity index (χ0v) is 15.8. The summed E-state index contributed by atoms with van der Waals surface area (Å²) in [5, 5.41) is -0.385. The summed E-state index contributed by atoms with van der Waals surface area (Å²) in [4.78, 5) is 0. The topological polar surface area (TPSA) is 43.4 Å². The Morgan fingerprint density at radius 2 is 1.52 bits per heavy atom.